The summed E-state index contributed by atoms with van der Waals surface area (Å²) in [6, 6.07) is 6.96. The van der Waals surface area contributed by atoms with E-state index < -0.39 is 0 Å². The molecule has 2 nitrogen and oxygen atoms in total. The van der Waals surface area contributed by atoms with E-state index in [1.54, 1.807) is 6.26 Å². The third-order valence-corrected chi connectivity index (χ3v) is 5.22. The molecule has 1 aliphatic rings. The van der Waals surface area contributed by atoms with E-state index in [0.717, 1.165) is 5.76 Å². The smallest absolute Gasteiger partial charge is 0.120 e. The van der Waals surface area contributed by atoms with Crippen LogP contribution < -0.4 is 5.32 Å². The van der Waals surface area contributed by atoms with Gasteiger partial charge in [-0.15, -0.1) is 11.3 Å². The summed E-state index contributed by atoms with van der Waals surface area (Å²) < 4.78 is 6.70. The Labute approximate surface area is 120 Å². The lowest BCUT2D eigenvalue weighted by Gasteiger charge is -2.26. The van der Waals surface area contributed by atoms with Gasteiger partial charge in [-0.2, -0.15) is 0 Å². The van der Waals surface area contributed by atoms with Crippen molar-refractivity contribution in [1.82, 2.24) is 5.32 Å². The van der Waals surface area contributed by atoms with Gasteiger partial charge in [0.15, 0.2) is 0 Å². The van der Waals surface area contributed by atoms with E-state index in [-0.39, 0.29) is 6.04 Å². The number of aryl methyl sites for hydroxylation is 1. The van der Waals surface area contributed by atoms with Gasteiger partial charge in [0.25, 0.3) is 0 Å². The molecule has 0 saturated heterocycles. The predicted octanol–water partition coefficient (Wildman–Crippen LogP) is 4.83. The van der Waals surface area contributed by atoms with Crippen LogP contribution in [0.3, 0.4) is 0 Å². The quantitative estimate of drug-likeness (QED) is 0.874. The fourth-order valence-electron chi connectivity index (χ4n) is 2.62. The lowest BCUT2D eigenvalue weighted by atomic mass is 9.93. The highest BCUT2D eigenvalue weighted by atomic mass is 79.9. The van der Waals surface area contributed by atoms with Gasteiger partial charge in [0.05, 0.1) is 16.1 Å². The highest BCUT2D eigenvalue weighted by Crippen LogP contribution is 2.38. The molecule has 0 radical (unpaired) electrons. The minimum absolute atomic E-state index is 0.259. The maximum Gasteiger partial charge on any atom is 0.120 e. The Morgan fingerprint density at radius 1 is 1.56 bits per heavy atom. The maximum atomic E-state index is 5.46. The summed E-state index contributed by atoms with van der Waals surface area (Å²) in [6.07, 6.45) is 5.43. The molecule has 0 aliphatic heterocycles. The molecule has 1 aliphatic carbocycles. The van der Waals surface area contributed by atoms with Gasteiger partial charge >= 0.3 is 0 Å². The first-order valence-electron chi connectivity index (χ1n) is 6.31. The third kappa shape index (κ3) is 2.42. The number of hydrogen-bond acceptors (Lipinski definition) is 3. The van der Waals surface area contributed by atoms with Crippen LogP contribution in [0.1, 0.15) is 48.0 Å². The van der Waals surface area contributed by atoms with E-state index in [1.165, 1.54) is 33.5 Å². The Morgan fingerprint density at radius 3 is 3.22 bits per heavy atom. The van der Waals surface area contributed by atoms with E-state index in [1.807, 2.05) is 23.5 Å². The standard InChI is InChI=1S/C14H16BrNOS/c1-9(12-5-3-7-17-12)16-11-4-2-6-13-10(11)8-14(15)18-13/h3,5,7-9,11,16H,2,4,6H2,1H3/t9-,11?/m1/s1. The second kappa shape index (κ2) is 5.19. The molecule has 1 unspecified atom stereocenters. The number of furan rings is 1. The minimum Gasteiger partial charge on any atom is -0.468 e. The van der Waals surface area contributed by atoms with Crippen molar-refractivity contribution in [2.75, 3.05) is 0 Å². The topological polar surface area (TPSA) is 25.2 Å². The monoisotopic (exact) mass is 325 g/mol. The van der Waals surface area contributed by atoms with Crippen LogP contribution >= 0.6 is 27.3 Å². The normalized spacial score (nSPS) is 20.7. The van der Waals surface area contributed by atoms with Crippen molar-refractivity contribution in [3.8, 4) is 0 Å². The van der Waals surface area contributed by atoms with Gasteiger partial charge < -0.3 is 9.73 Å². The van der Waals surface area contributed by atoms with Crippen molar-refractivity contribution in [3.05, 3.63) is 44.4 Å². The summed E-state index contributed by atoms with van der Waals surface area (Å²) in [5.74, 6) is 1.01. The van der Waals surface area contributed by atoms with Gasteiger partial charge in [-0.05, 0) is 65.9 Å². The van der Waals surface area contributed by atoms with Crippen molar-refractivity contribution in [1.29, 1.82) is 0 Å². The average Bonchev–Trinajstić information content (AvgIpc) is 2.96. The predicted molar refractivity (Wildman–Crippen MR) is 78.0 cm³/mol. The zero-order valence-electron chi connectivity index (χ0n) is 10.3. The molecule has 2 aromatic rings. The van der Waals surface area contributed by atoms with Gasteiger partial charge in [0, 0.05) is 10.9 Å². The van der Waals surface area contributed by atoms with Crippen LogP contribution in [-0.2, 0) is 6.42 Å². The van der Waals surface area contributed by atoms with E-state index in [0.29, 0.717) is 6.04 Å². The summed E-state index contributed by atoms with van der Waals surface area (Å²) in [6.45, 7) is 2.16. The third-order valence-electron chi connectivity index (χ3n) is 3.50. The number of thiophene rings is 1. The van der Waals surface area contributed by atoms with Crippen molar-refractivity contribution < 1.29 is 4.42 Å². The highest BCUT2D eigenvalue weighted by Gasteiger charge is 2.24. The molecule has 0 fully saturated rings. The minimum atomic E-state index is 0.259. The molecular weight excluding hydrogens is 310 g/mol. The molecular formula is C14H16BrNOS. The van der Waals surface area contributed by atoms with Crippen LogP contribution in [0.2, 0.25) is 0 Å². The molecule has 0 spiro atoms. The maximum absolute atomic E-state index is 5.46. The Hall–Kier alpha value is -0.580. The summed E-state index contributed by atoms with van der Waals surface area (Å²) in [4.78, 5) is 1.53. The van der Waals surface area contributed by atoms with Crippen molar-refractivity contribution in [2.24, 2.45) is 0 Å². The molecule has 2 atom stereocenters. The number of rotatable bonds is 3. The number of fused-ring (bicyclic) bond motifs is 1. The number of hydrogen-bond donors (Lipinski definition) is 1. The first-order chi connectivity index (χ1) is 8.74. The van der Waals surface area contributed by atoms with Gasteiger partial charge in [0.1, 0.15) is 5.76 Å². The van der Waals surface area contributed by atoms with Gasteiger partial charge in [-0.3, -0.25) is 0 Å². The van der Waals surface area contributed by atoms with E-state index in [4.69, 9.17) is 4.42 Å². The number of halogens is 1. The summed E-state index contributed by atoms with van der Waals surface area (Å²) >= 11 is 5.47. The first-order valence-corrected chi connectivity index (χ1v) is 7.92. The van der Waals surface area contributed by atoms with Crippen molar-refractivity contribution >= 4 is 27.3 Å². The van der Waals surface area contributed by atoms with Crippen LogP contribution in [0.15, 0.2) is 32.7 Å². The molecule has 3 rings (SSSR count). The molecule has 2 aromatic heterocycles. The molecule has 96 valence electrons. The largest absolute Gasteiger partial charge is 0.468 e. The molecule has 0 aromatic carbocycles. The summed E-state index contributed by atoms with van der Waals surface area (Å²) in [5, 5.41) is 3.68. The van der Waals surface area contributed by atoms with E-state index >= 15 is 0 Å². The molecule has 4 heteroatoms. The molecule has 18 heavy (non-hydrogen) atoms. The average molecular weight is 326 g/mol. The van der Waals surface area contributed by atoms with Crippen molar-refractivity contribution in [3.63, 3.8) is 0 Å². The second-order valence-corrected chi connectivity index (χ2v) is 7.29. The lowest BCUT2D eigenvalue weighted by Crippen LogP contribution is -2.26. The molecule has 2 heterocycles. The van der Waals surface area contributed by atoms with E-state index in [2.05, 4.69) is 34.2 Å². The molecule has 0 amide bonds. The van der Waals surface area contributed by atoms with Gasteiger partial charge in [-0.1, -0.05) is 0 Å². The van der Waals surface area contributed by atoms with Gasteiger partial charge in [-0.25, -0.2) is 0 Å². The fraction of sp³-hybridized carbons (Fsp3) is 0.429. The van der Waals surface area contributed by atoms with Crippen LogP contribution in [0, 0.1) is 0 Å². The van der Waals surface area contributed by atoms with Crippen LogP contribution in [0.5, 0.6) is 0 Å². The Balaban J connectivity index is 1.78. The lowest BCUT2D eigenvalue weighted by molar-refractivity contribution is 0.369. The second-order valence-electron chi connectivity index (χ2n) is 4.78. The van der Waals surface area contributed by atoms with Gasteiger partial charge in [0.2, 0.25) is 0 Å². The Morgan fingerprint density at radius 2 is 2.44 bits per heavy atom. The van der Waals surface area contributed by atoms with Crippen LogP contribution in [0.25, 0.3) is 0 Å². The summed E-state index contributed by atoms with van der Waals surface area (Å²) in [5.41, 5.74) is 1.47. The molecule has 0 bridgehead atoms. The van der Waals surface area contributed by atoms with Crippen LogP contribution in [0.4, 0.5) is 0 Å². The number of nitrogens with one attached hydrogen (secondary N) is 1. The van der Waals surface area contributed by atoms with Crippen molar-refractivity contribution in [2.45, 2.75) is 38.3 Å². The first kappa shape index (κ1) is 12.5. The van der Waals surface area contributed by atoms with Crippen LogP contribution in [-0.4, -0.2) is 0 Å². The zero-order chi connectivity index (χ0) is 12.5. The fourth-order valence-corrected chi connectivity index (χ4v) is 4.44. The molecule has 0 saturated carbocycles. The zero-order valence-corrected chi connectivity index (χ0v) is 12.7. The SMILES string of the molecule is C[C@@H](NC1CCCc2sc(Br)cc21)c1ccco1. The Bertz CT molecular complexity index is 520. The Kier molecular flexibility index (Phi) is 3.59. The summed E-state index contributed by atoms with van der Waals surface area (Å²) in [7, 11) is 0. The van der Waals surface area contributed by atoms with E-state index in [9.17, 15) is 0 Å². The molecule has 1 N–H and O–H groups in total. The highest BCUT2D eigenvalue weighted by molar-refractivity contribution is 9.11.